The lowest BCUT2D eigenvalue weighted by atomic mass is 9.94. The molecule has 1 aliphatic rings. The molecular weight excluding hydrogens is 446 g/mol. The SMILES string of the molecule is C=CCN(C(=O)C(CO)NC(=O)OC(C)(C)C)C(C(=O)NC1CCCCC1)c1cccc(C=C)c1. The number of aliphatic hydroxyl groups excluding tert-OH is 1. The number of rotatable bonds is 10. The zero-order chi connectivity index (χ0) is 26.0. The first kappa shape index (κ1) is 28.1. The quantitative estimate of drug-likeness (QED) is 0.438. The number of carbonyl (C=O) groups excluding carboxylic acids is 3. The predicted molar refractivity (Wildman–Crippen MR) is 136 cm³/mol. The summed E-state index contributed by atoms with van der Waals surface area (Å²) in [7, 11) is 0. The first-order valence-electron chi connectivity index (χ1n) is 12.1. The van der Waals surface area contributed by atoms with Gasteiger partial charge in [-0.25, -0.2) is 4.79 Å². The number of carbonyl (C=O) groups is 3. The van der Waals surface area contributed by atoms with Crippen molar-refractivity contribution in [1.82, 2.24) is 15.5 Å². The average molecular weight is 486 g/mol. The molecule has 1 aromatic carbocycles. The van der Waals surface area contributed by atoms with Crippen LogP contribution in [0.2, 0.25) is 0 Å². The van der Waals surface area contributed by atoms with Gasteiger partial charge in [-0.3, -0.25) is 9.59 Å². The normalized spacial score (nSPS) is 15.9. The Balaban J connectivity index is 2.39. The zero-order valence-corrected chi connectivity index (χ0v) is 21.1. The van der Waals surface area contributed by atoms with Gasteiger partial charge in [-0.1, -0.05) is 56.2 Å². The van der Waals surface area contributed by atoms with Crippen molar-refractivity contribution in [2.75, 3.05) is 13.2 Å². The third-order valence-electron chi connectivity index (χ3n) is 5.75. The topological polar surface area (TPSA) is 108 Å². The minimum absolute atomic E-state index is 0.0341. The smallest absolute Gasteiger partial charge is 0.408 e. The van der Waals surface area contributed by atoms with Crippen LogP contribution in [0.5, 0.6) is 0 Å². The van der Waals surface area contributed by atoms with E-state index in [1.165, 1.54) is 11.0 Å². The molecule has 0 radical (unpaired) electrons. The predicted octanol–water partition coefficient (Wildman–Crippen LogP) is 3.72. The Morgan fingerprint density at radius 1 is 1.20 bits per heavy atom. The van der Waals surface area contributed by atoms with Gasteiger partial charge in [0.2, 0.25) is 11.8 Å². The molecule has 0 spiro atoms. The Labute approximate surface area is 208 Å². The summed E-state index contributed by atoms with van der Waals surface area (Å²) in [5.74, 6) is -0.937. The second-order valence-corrected chi connectivity index (χ2v) is 9.78. The van der Waals surface area contributed by atoms with Gasteiger partial charge in [-0.05, 0) is 50.8 Å². The first-order valence-corrected chi connectivity index (χ1v) is 12.1. The highest BCUT2D eigenvalue weighted by Crippen LogP contribution is 2.26. The number of hydrogen-bond donors (Lipinski definition) is 3. The molecule has 1 aliphatic carbocycles. The van der Waals surface area contributed by atoms with E-state index < -0.39 is 36.3 Å². The monoisotopic (exact) mass is 485 g/mol. The minimum atomic E-state index is -1.29. The number of ether oxygens (including phenoxy) is 1. The van der Waals surface area contributed by atoms with Crippen molar-refractivity contribution < 1.29 is 24.2 Å². The molecule has 0 heterocycles. The molecule has 0 saturated heterocycles. The van der Waals surface area contributed by atoms with Crippen LogP contribution in [-0.2, 0) is 14.3 Å². The fourth-order valence-corrected chi connectivity index (χ4v) is 4.15. The molecule has 35 heavy (non-hydrogen) atoms. The molecule has 8 heteroatoms. The van der Waals surface area contributed by atoms with Crippen LogP contribution < -0.4 is 10.6 Å². The van der Waals surface area contributed by atoms with Gasteiger partial charge in [0.25, 0.3) is 0 Å². The lowest BCUT2D eigenvalue weighted by Crippen LogP contribution is -2.55. The largest absolute Gasteiger partial charge is 0.444 e. The van der Waals surface area contributed by atoms with E-state index in [2.05, 4.69) is 23.8 Å². The summed E-state index contributed by atoms with van der Waals surface area (Å²) < 4.78 is 5.24. The van der Waals surface area contributed by atoms with Crippen LogP contribution in [0.3, 0.4) is 0 Å². The third kappa shape index (κ3) is 8.55. The van der Waals surface area contributed by atoms with Crippen LogP contribution in [0.15, 0.2) is 43.5 Å². The molecule has 3 amide bonds. The van der Waals surface area contributed by atoms with E-state index >= 15 is 0 Å². The summed E-state index contributed by atoms with van der Waals surface area (Å²) in [6.45, 7) is 12.0. The summed E-state index contributed by atoms with van der Waals surface area (Å²) in [6, 6.07) is 4.98. The van der Waals surface area contributed by atoms with Crippen molar-refractivity contribution >= 4 is 24.0 Å². The van der Waals surface area contributed by atoms with Gasteiger partial charge < -0.3 is 25.4 Å². The number of nitrogens with zero attached hydrogens (tertiary/aromatic N) is 1. The number of aliphatic hydroxyl groups is 1. The molecule has 2 unspecified atom stereocenters. The molecule has 2 atom stereocenters. The van der Waals surface area contributed by atoms with Gasteiger partial charge in [0.15, 0.2) is 0 Å². The van der Waals surface area contributed by atoms with Gasteiger partial charge >= 0.3 is 6.09 Å². The molecule has 1 fully saturated rings. The highest BCUT2D eigenvalue weighted by Gasteiger charge is 2.36. The van der Waals surface area contributed by atoms with Gasteiger partial charge in [-0.2, -0.15) is 0 Å². The second-order valence-electron chi connectivity index (χ2n) is 9.78. The van der Waals surface area contributed by atoms with Crippen LogP contribution >= 0.6 is 0 Å². The van der Waals surface area contributed by atoms with Crippen molar-refractivity contribution in [3.05, 3.63) is 54.6 Å². The molecule has 0 aliphatic heterocycles. The van der Waals surface area contributed by atoms with Crippen LogP contribution in [0.25, 0.3) is 6.08 Å². The molecule has 8 nitrogen and oxygen atoms in total. The maximum Gasteiger partial charge on any atom is 0.408 e. The number of benzene rings is 1. The number of hydrogen-bond acceptors (Lipinski definition) is 5. The molecule has 192 valence electrons. The maximum atomic E-state index is 13.6. The molecule has 0 aromatic heterocycles. The Bertz CT molecular complexity index is 902. The molecule has 1 aromatic rings. The van der Waals surface area contributed by atoms with E-state index in [-0.39, 0.29) is 18.5 Å². The van der Waals surface area contributed by atoms with E-state index in [1.807, 2.05) is 6.07 Å². The van der Waals surface area contributed by atoms with Crippen LogP contribution in [0.4, 0.5) is 4.79 Å². The minimum Gasteiger partial charge on any atom is -0.444 e. The fraction of sp³-hybridized carbons (Fsp3) is 0.519. The standard InChI is InChI=1S/C27H39N3O5/c1-6-16-30(25(33)22(18-31)29-26(34)35-27(3,4)5)23(20-13-11-12-19(7-2)17-20)24(32)28-21-14-9-8-10-15-21/h6-7,11-13,17,21-23,31H,1-2,8-10,14-16,18H2,3-5H3,(H,28,32)(H,29,34). The molecule has 2 rings (SSSR count). The summed E-state index contributed by atoms with van der Waals surface area (Å²) in [5.41, 5.74) is 0.621. The van der Waals surface area contributed by atoms with E-state index in [0.29, 0.717) is 5.56 Å². The van der Waals surface area contributed by atoms with Gasteiger partial charge in [0.05, 0.1) is 6.61 Å². The molecule has 3 N–H and O–H groups in total. The Morgan fingerprint density at radius 3 is 2.46 bits per heavy atom. The van der Waals surface area contributed by atoms with E-state index in [4.69, 9.17) is 4.74 Å². The molecular formula is C27H39N3O5. The fourth-order valence-electron chi connectivity index (χ4n) is 4.15. The van der Waals surface area contributed by atoms with Crippen LogP contribution in [0, 0.1) is 0 Å². The van der Waals surface area contributed by atoms with Crippen molar-refractivity contribution in [2.24, 2.45) is 0 Å². The molecule has 0 bridgehead atoms. The second kappa shape index (κ2) is 13.1. The van der Waals surface area contributed by atoms with Crippen molar-refractivity contribution in [3.63, 3.8) is 0 Å². The number of amides is 3. The average Bonchev–Trinajstić information content (AvgIpc) is 2.81. The van der Waals surface area contributed by atoms with Gasteiger partial charge in [0, 0.05) is 12.6 Å². The summed E-state index contributed by atoms with van der Waals surface area (Å²) in [4.78, 5) is 40.8. The lowest BCUT2D eigenvalue weighted by molar-refractivity contribution is -0.143. The van der Waals surface area contributed by atoms with Gasteiger partial charge in [0.1, 0.15) is 17.7 Å². The third-order valence-corrected chi connectivity index (χ3v) is 5.75. The number of alkyl carbamates (subject to hydrolysis) is 1. The Hall–Kier alpha value is -3.13. The lowest BCUT2D eigenvalue weighted by Gasteiger charge is -2.35. The first-order chi connectivity index (χ1) is 16.6. The van der Waals surface area contributed by atoms with Crippen molar-refractivity contribution in [3.8, 4) is 0 Å². The highest BCUT2D eigenvalue weighted by atomic mass is 16.6. The Kier molecular flexibility index (Phi) is 10.5. The summed E-state index contributed by atoms with van der Waals surface area (Å²) in [5, 5.41) is 15.5. The van der Waals surface area contributed by atoms with Crippen molar-refractivity contribution in [1.29, 1.82) is 0 Å². The molecule has 1 saturated carbocycles. The Morgan fingerprint density at radius 2 is 1.89 bits per heavy atom. The summed E-state index contributed by atoms with van der Waals surface area (Å²) >= 11 is 0. The maximum absolute atomic E-state index is 13.6. The number of nitrogens with one attached hydrogen (secondary N) is 2. The van der Waals surface area contributed by atoms with Gasteiger partial charge in [-0.15, -0.1) is 6.58 Å². The van der Waals surface area contributed by atoms with Crippen LogP contribution in [-0.4, -0.2) is 58.8 Å². The zero-order valence-electron chi connectivity index (χ0n) is 21.1. The van der Waals surface area contributed by atoms with Crippen LogP contribution in [0.1, 0.15) is 70.0 Å². The highest BCUT2D eigenvalue weighted by molar-refractivity contribution is 5.92. The van der Waals surface area contributed by atoms with E-state index in [9.17, 15) is 19.5 Å². The van der Waals surface area contributed by atoms with E-state index in [0.717, 1.165) is 37.7 Å². The van der Waals surface area contributed by atoms with Crippen molar-refractivity contribution in [2.45, 2.75) is 76.6 Å². The van der Waals surface area contributed by atoms with E-state index in [1.54, 1.807) is 45.0 Å². The summed E-state index contributed by atoms with van der Waals surface area (Å²) in [6.07, 6.45) is 7.36.